The summed E-state index contributed by atoms with van der Waals surface area (Å²) in [5.41, 5.74) is 0. The highest BCUT2D eigenvalue weighted by Crippen LogP contribution is 2.10. The minimum absolute atomic E-state index is 0.116. The Balaban J connectivity index is 0.00000326. The molecule has 0 aromatic rings. The van der Waals surface area contributed by atoms with E-state index >= 15 is 0 Å². The summed E-state index contributed by atoms with van der Waals surface area (Å²) >= 11 is 0. The molecule has 156 valence electrons. The van der Waals surface area contributed by atoms with E-state index in [1.54, 1.807) is 14.7 Å². The molecule has 0 amide bonds. The van der Waals surface area contributed by atoms with Gasteiger partial charge in [-0.25, -0.2) is 0 Å². The van der Waals surface area contributed by atoms with Gasteiger partial charge in [0.2, 0.25) is 0 Å². The van der Waals surface area contributed by atoms with E-state index in [2.05, 4.69) is 0 Å². The zero-order valence-corrected chi connectivity index (χ0v) is 15.5. The maximum absolute atomic E-state index is 11.5. The normalized spacial score (nSPS) is 18.1. The first kappa shape index (κ1) is 24.9. The van der Waals surface area contributed by atoms with Gasteiger partial charge < -0.3 is 25.2 Å². The van der Waals surface area contributed by atoms with Gasteiger partial charge in [-0.3, -0.25) is 29.1 Å². The largest absolute Gasteiger partial charge is 0.480 e. The second kappa shape index (κ2) is 14.0. The predicted molar refractivity (Wildman–Crippen MR) is 94.6 cm³/mol. The lowest BCUT2D eigenvalue weighted by Gasteiger charge is -2.30. The lowest BCUT2D eigenvalue weighted by atomic mass is 10.1. The first-order chi connectivity index (χ1) is 12.8. The Morgan fingerprint density at radius 1 is 0.852 bits per heavy atom. The van der Waals surface area contributed by atoms with Gasteiger partial charge in [0.05, 0.1) is 13.1 Å². The second-order valence-corrected chi connectivity index (χ2v) is 5.97. The van der Waals surface area contributed by atoms with Crippen molar-refractivity contribution in [2.75, 3.05) is 59.5 Å². The van der Waals surface area contributed by atoms with E-state index in [9.17, 15) is 24.3 Å². The standard InChI is InChI=1S/C15H25N3O7.CH4O/c19-9-1-2-12(15(24)25)18-7-5-16(10-13(20)21)3-4-17(6-8-18)11-14(22)23;1-2/h9,12H,1-8,10-11H2,(H,20,21)(H,22,23)(H,24,25);2H,1H3. The number of hydrogen-bond acceptors (Lipinski definition) is 8. The SMILES string of the molecule is CO.O=CCCC(C(=O)O)N1CCN(CC(=O)O)CCN(CC(=O)O)CC1. The van der Waals surface area contributed by atoms with E-state index in [1.807, 2.05) is 0 Å². The number of aliphatic hydroxyl groups excluding tert-OH is 1. The minimum Gasteiger partial charge on any atom is -0.480 e. The van der Waals surface area contributed by atoms with Crippen LogP contribution in [0.1, 0.15) is 12.8 Å². The van der Waals surface area contributed by atoms with Crippen LogP contribution in [0.4, 0.5) is 0 Å². The van der Waals surface area contributed by atoms with Crippen LogP contribution in [-0.4, -0.2) is 125 Å². The molecule has 1 aliphatic rings. The van der Waals surface area contributed by atoms with Gasteiger partial charge in [0.25, 0.3) is 0 Å². The fourth-order valence-electron chi connectivity index (χ4n) is 2.86. The molecule has 1 rings (SSSR count). The number of rotatable bonds is 9. The van der Waals surface area contributed by atoms with Crippen molar-refractivity contribution >= 4 is 24.2 Å². The van der Waals surface area contributed by atoms with Crippen molar-refractivity contribution < 1.29 is 39.6 Å². The Hall–Kier alpha value is -2.08. The molecule has 11 heteroatoms. The van der Waals surface area contributed by atoms with Crippen LogP contribution < -0.4 is 0 Å². The summed E-state index contributed by atoms with van der Waals surface area (Å²) in [5.74, 6) is -3.03. The predicted octanol–water partition coefficient (Wildman–Crippen LogP) is -1.88. The molecule has 1 atom stereocenters. The van der Waals surface area contributed by atoms with Gasteiger partial charge in [0, 0.05) is 52.8 Å². The summed E-state index contributed by atoms with van der Waals surface area (Å²) in [5, 5.41) is 34.4. The van der Waals surface area contributed by atoms with E-state index in [-0.39, 0.29) is 25.9 Å². The second-order valence-electron chi connectivity index (χ2n) is 5.97. The third-order valence-corrected chi connectivity index (χ3v) is 4.14. The number of nitrogens with zero attached hydrogens (tertiary/aromatic N) is 3. The minimum atomic E-state index is -1.05. The van der Waals surface area contributed by atoms with Crippen LogP contribution in [-0.2, 0) is 19.2 Å². The van der Waals surface area contributed by atoms with Crippen molar-refractivity contribution in [3.05, 3.63) is 0 Å². The zero-order valence-electron chi connectivity index (χ0n) is 15.5. The van der Waals surface area contributed by atoms with E-state index in [4.69, 9.17) is 15.3 Å². The van der Waals surface area contributed by atoms with Crippen molar-refractivity contribution in [3.63, 3.8) is 0 Å². The van der Waals surface area contributed by atoms with Crippen LogP contribution in [0.15, 0.2) is 0 Å². The maximum Gasteiger partial charge on any atom is 0.320 e. The number of aldehydes is 1. The molecule has 0 aromatic heterocycles. The van der Waals surface area contributed by atoms with Crippen molar-refractivity contribution in [1.29, 1.82) is 0 Å². The molecule has 4 N–H and O–H groups in total. The van der Waals surface area contributed by atoms with E-state index in [0.29, 0.717) is 45.6 Å². The van der Waals surface area contributed by atoms with Gasteiger partial charge >= 0.3 is 17.9 Å². The molecule has 0 spiro atoms. The quantitative estimate of drug-likeness (QED) is 0.326. The molecule has 0 radical (unpaired) electrons. The van der Waals surface area contributed by atoms with Crippen molar-refractivity contribution in [1.82, 2.24) is 14.7 Å². The molecule has 1 aliphatic heterocycles. The highest BCUT2D eigenvalue weighted by Gasteiger charge is 2.27. The van der Waals surface area contributed by atoms with Gasteiger partial charge in [-0.1, -0.05) is 0 Å². The van der Waals surface area contributed by atoms with Crippen LogP contribution in [0, 0.1) is 0 Å². The Morgan fingerprint density at radius 3 is 1.59 bits per heavy atom. The molecule has 11 nitrogen and oxygen atoms in total. The highest BCUT2D eigenvalue weighted by atomic mass is 16.4. The van der Waals surface area contributed by atoms with Gasteiger partial charge in [0.15, 0.2) is 0 Å². The van der Waals surface area contributed by atoms with Gasteiger partial charge in [-0.15, -0.1) is 0 Å². The Bertz CT molecular complexity index is 460. The Kier molecular flexibility index (Phi) is 13.0. The molecule has 0 aliphatic carbocycles. The molecule has 1 fully saturated rings. The number of aliphatic hydroxyl groups is 1. The number of carbonyl (C=O) groups excluding carboxylic acids is 1. The van der Waals surface area contributed by atoms with Crippen molar-refractivity contribution in [2.45, 2.75) is 18.9 Å². The number of carbonyl (C=O) groups is 4. The van der Waals surface area contributed by atoms with Crippen LogP contribution in [0.3, 0.4) is 0 Å². The number of hydrogen-bond donors (Lipinski definition) is 4. The molecule has 27 heavy (non-hydrogen) atoms. The summed E-state index contributed by atoms with van der Waals surface area (Å²) in [6.07, 6.45) is 0.946. The molecular formula is C16H29N3O8. The lowest BCUT2D eigenvalue weighted by molar-refractivity contribution is -0.144. The maximum atomic E-state index is 11.5. The van der Waals surface area contributed by atoms with Crippen molar-refractivity contribution in [2.24, 2.45) is 0 Å². The molecule has 0 saturated carbocycles. The third-order valence-electron chi connectivity index (χ3n) is 4.14. The fourth-order valence-corrected chi connectivity index (χ4v) is 2.86. The highest BCUT2D eigenvalue weighted by molar-refractivity contribution is 5.74. The smallest absolute Gasteiger partial charge is 0.320 e. The first-order valence-electron chi connectivity index (χ1n) is 8.57. The monoisotopic (exact) mass is 391 g/mol. The zero-order chi connectivity index (χ0) is 20.8. The topological polar surface area (TPSA) is 159 Å². The summed E-state index contributed by atoms with van der Waals surface area (Å²) < 4.78 is 0. The van der Waals surface area contributed by atoms with Crippen LogP contribution >= 0.6 is 0 Å². The molecule has 1 unspecified atom stereocenters. The summed E-state index contributed by atoms with van der Waals surface area (Å²) in [4.78, 5) is 49.1. The van der Waals surface area contributed by atoms with Crippen LogP contribution in [0.2, 0.25) is 0 Å². The third kappa shape index (κ3) is 10.6. The van der Waals surface area contributed by atoms with Gasteiger partial charge in [-0.05, 0) is 6.42 Å². The Labute approximate surface area is 157 Å². The Morgan fingerprint density at radius 2 is 1.26 bits per heavy atom. The van der Waals surface area contributed by atoms with Crippen molar-refractivity contribution in [3.8, 4) is 0 Å². The molecule has 1 saturated heterocycles. The number of carboxylic acids is 3. The first-order valence-corrected chi connectivity index (χ1v) is 8.57. The van der Waals surface area contributed by atoms with Crippen LogP contribution in [0.5, 0.6) is 0 Å². The average molecular weight is 391 g/mol. The van der Waals surface area contributed by atoms with E-state index in [1.165, 1.54) is 0 Å². The average Bonchev–Trinajstić information content (AvgIpc) is 2.69. The van der Waals surface area contributed by atoms with E-state index < -0.39 is 23.9 Å². The van der Waals surface area contributed by atoms with E-state index in [0.717, 1.165) is 7.11 Å². The summed E-state index contributed by atoms with van der Waals surface area (Å²) in [6, 6.07) is -0.860. The van der Waals surface area contributed by atoms with Gasteiger partial charge in [0.1, 0.15) is 12.3 Å². The van der Waals surface area contributed by atoms with Crippen LogP contribution in [0.25, 0.3) is 0 Å². The number of aliphatic carboxylic acids is 3. The van der Waals surface area contributed by atoms with Gasteiger partial charge in [-0.2, -0.15) is 0 Å². The molecule has 1 heterocycles. The molecular weight excluding hydrogens is 362 g/mol. The fraction of sp³-hybridized carbons (Fsp3) is 0.750. The molecule has 0 aromatic carbocycles. The number of carboxylic acid groups (broad SMARTS) is 3. The lowest BCUT2D eigenvalue weighted by Crippen LogP contribution is -2.47. The molecule has 0 bridgehead atoms. The summed E-state index contributed by atoms with van der Waals surface area (Å²) in [6.45, 7) is 1.78. The summed E-state index contributed by atoms with van der Waals surface area (Å²) in [7, 11) is 1.00.